The molecule has 1 saturated carbocycles. The number of nitrogens with one attached hydrogen (secondary N) is 2. The van der Waals surface area contributed by atoms with Gasteiger partial charge in [-0.2, -0.15) is 0 Å². The van der Waals surface area contributed by atoms with Crippen LogP contribution in [0.3, 0.4) is 0 Å². The van der Waals surface area contributed by atoms with Crippen molar-refractivity contribution in [1.29, 1.82) is 0 Å². The lowest BCUT2D eigenvalue weighted by molar-refractivity contribution is -0.124. The summed E-state index contributed by atoms with van der Waals surface area (Å²) < 4.78 is 0. The van der Waals surface area contributed by atoms with Gasteiger partial charge in [-0.15, -0.1) is 0 Å². The van der Waals surface area contributed by atoms with Crippen LogP contribution in [0.1, 0.15) is 48.0 Å². The second-order valence-electron chi connectivity index (χ2n) is 6.58. The number of carbonyl (C=O) groups excluding carboxylic acids is 2. The van der Waals surface area contributed by atoms with Crippen LogP contribution in [0.5, 0.6) is 0 Å². The van der Waals surface area contributed by atoms with Crippen LogP contribution in [-0.2, 0) is 10.3 Å². The average Bonchev–Trinajstić information content (AvgIpc) is 2.63. The zero-order valence-corrected chi connectivity index (χ0v) is 14.3. The van der Waals surface area contributed by atoms with E-state index < -0.39 is 0 Å². The second-order valence-corrected chi connectivity index (χ2v) is 6.58. The molecule has 2 N–H and O–H groups in total. The van der Waals surface area contributed by atoms with E-state index in [0.29, 0.717) is 24.9 Å². The van der Waals surface area contributed by atoms with E-state index in [0.717, 1.165) is 19.3 Å². The van der Waals surface area contributed by atoms with Crippen molar-refractivity contribution in [2.45, 2.75) is 37.6 Å². The highest BCUT2D eigenvalue weighted by Crippen LogP contribution is 2.41. The molecule has 0 bridgehead atoms. The molecule has 4 nitrogen and oxygen atoms in total. The molecule has 25 heavy (non-hydrogen) atoms. The number of amides is 2. The van der Waals surface area contributed by atoms with Gasteiger partial charge in [-0.3, -0.25) is 9.59 Å². The Labute approximate surface area is 148 Å². The Morgan fingerprint density at radius 2 is 1.56 bits per heavy atom. The molecule has 0 heterocycles. The maximum atomic E-state index is 12.3. The van der Waals surface area contributed by atoms with Gasteiger partial charge in [-0.1, -0.05) is 48.5 Å². The lowest BCUT2D eigenvalue weighted by Gasteiger charge is -2.43. The molecule has 1 aliphatic rings. The van der Waals surface area contributed by atoms with Gasteiger partial charge in [0.2, 0.25) is 5.91 Å². The van der Waals surface area contributed by atoms with Crippen molar-refractivity contribution < 1.29 is 9.59 Å². The maximum absolute atomic E-state index is 12.3. The average molecular weight is 336 g/mol. The van der Waals surface area contributed by atoms with Crippen LogP contribution in [0.4, 0.5) is 0 Å². The molecule has 3 rings (SSSR count). The van der Waals surface area contributed by atoms with Gasteiger partial charge >= 0.3 is 0 Å². The standard InChI is InChI=1S/C21H24N2O2/c24-19(13-7-16-22-20(25)17-9-3-1-4-10-17)23-21(14-8-15-21)18-11-5-2-6-12-18/h1-6,9-12H,7-8,13-16H2,(H,22,25)(H,23,24). The molecule has 2 amide bonds. The van der Waals surface area contributed by atoms with Crippen molar-refractivity contribution in [3.63, 3.8) is 0 Å². The van der Waals surface area contributed by atoms with Crippen molar-refractivity contribution in [2.24, 2.45) is 0 Å². The predicted octanol–water partition coefficient (Wildman–Crippen LogP) is 3.39. The fraction of sp³-hybridized carbons (Fsp3) is 0.333. The summed E-state index contributed by atoms with van der Waals surface area (Å²) in [5, 5.41) is 6.07. The van der Waals surface area contributed by atoms with Crippen molar-refractivity contribution in [3.05, 3.63) is 71.8 Å². The summed E-state index contributed by atoms with van der Waals surface area (Å²) in [7, 11) is 0. The second kappa shape index (κ2) is 7.97. The molecule has 130 valence electrons. The van der Waals surface area contributed by atoms with Crippen LogP contribution in [0, 0.1) is 0 Å². The molecule has 0 atom stereocenters. The SMILES string of the molecule is O=C(CCCNC(=O)c1ccccc1)NC1(c2ccccc2)CCC1. The zero-order valence-electron chi connectivity index (χ0n) is 14.3. The van der Waals surface area contributed by atoms with Crippen LogP contribution >= 0.6 is 0 Å². The van der Waals surface area contributed by atoms with E-state index in [9.17, 15) is 9.59 Å². The van der Waals surface area contributed by atoms with E-state index in [4.69, 9.17) is 0 Å². The molecule has 0 aliphatic heterocycles. The first kappa shape index (κ1) is 17.2. The van der Waals surface area contributed by atoms with Gasteiger partial charge in [0.15, 0.2) is 0 Å². The number of hydrogen-bond donors (Lipinski definition) is 2. The van der Waals surface area contributed by atoms with Gasteiger partial charge in [0, 0.05) is 18.5 Å². The van der Waals surface area contributed by atoms with E-state index in [1.807, 2.05) is 36.4 Å². The van der Waals surface area contributed by atoms with Crippen LogP contribution in [-0.4, -0.2) is 18.4 Å². The minimum absolute atomic E-state index is 0.0533. The van der Waals surface area contributed by atoms with Crippen LogP contribution < -0.4 is 10.6 Å². The quantitative estimate of drug-likeness (QED) is 0.762. The molecular weight excluding hydrogens is 312 g/mol. The predicted molar refractivity (Wildman–Crippen MR) is 98.1 cm³/mol. The van der Waals surface area contributed by atoms with E-state index >= 15 is 0 Å². The highest BCUT2D eigenvalue weighted by Gasteiger charge is 2.39. The first-order chi connectivity index (χ1) is 12.2. The smallest absolute Gasteiger partial charge is 0.251 e. The fourth-order valence-corrected chi connectivity index (χ4v) is 3.25. The molecule has 0 spiro atoms. The third kappa shape index (κ3) is 4.27. The Morgan fingerprint density at radius 1 is 0.920 bits per heavy atom. The van der Waals surface area contributed by atoms with Crippen molar-refractivity contribution in [1.82, 2.24) is 10.6 Å². The Bertz CT molecular complexity index is 709. The van der Waals surface area contributed by atoms with E-state index in [-0.39, 0.29) is 17.4 Å². The Morgan fingerprint density at radius 3 is 2.16 bits per heavy atom. The molecule has 2 aromatic rings. The first-order valence-corrected chi connectivity index (χ1v) is 8.89. The fourth-order valence-electron chi connectivity index (χ4n) is 3.25. The lowest BCUT2D eigenvalue weighted by Crippen LogP contribution is -2.50. The zero-order chi connectivity index (χ0) is 17.5. The van der Waals surface area contributed by atoms with Gasteiger partial charge in [0.1, 0.15) is 0 Å². The molecule has 0 unspecified atom stereocenters. The van der Waals surface area contributed by atoms with Crippen molar-refractivity contribution >= 4 is 11.8 Å². The van der Waals surface area contributed by atoms with Crippen LogP contribution in [0.2, 0.25) is 0 Å². The molecule has 4 heteroatoms. The largest absolute Gasteiger partial charge is 0.352 e. The molecule has 1 aliphatic carbocycles. The maximum Gasteiger partial charge on any atom is 0.251 e. The van der Waals surface area contributed by atoms with Gasteiger partial charge in [0.25, 0.3) is 5.91 Å². The van der Waals surface area contributed by atoms with Crippen LogP contribution in [0.15, 0.2) is 60.7 Å². The molecule has 2 aromatic carbocycles. The molecule has 0 radical (unpaired) electrons. The Kier molecular flexibility index (Phi) is 5.49. The summed E-state index contributed by atoms with van der Waals surface area (Å²) in [5.41, 5.74) is 1.64. The molecular formula is C21H24N2O2. The number of carbonyl (C=O) groups is 2. The highest BCUT2D eigenvalue weighted by molar-refractivity contribution is 5.94. The Balaban J connectivity index is 1.43. The van der Waals surface area contributed by atoms with Gasteiger partial charge in [-0.25, -0.2) is 0 Å². The van der Waals surface area contributed by atoms with Crippen LogP contribution in [0.25, 0.3) is 0 Å². The highest BCUT2D eigenvalue weighted by atomic mass is 16.2. The molecule has 0 saturated heterocycles. The van der Waals surface area contributed by atoms with E-state index in [2.05, 4.69) is 22.8 Å². The topological polar surface area (TPSA) is 58.2 Å². The van der Waals surface area contributed by atoms with Gasteiger partial charge in [0.05, 0.1) is 5.54 Å². The monoisotopic (exact) mass is 336 g/mol. The first-order valence-electron chi connectivity index (χ1n) is 8.89. The summed E-state index contributed by atoms with van der Waals surface area (Å²) in [6.07, 6.45) is 4.18. The van der Waals surface area contributed by atoms with Crippen molar-refractivity contribution in [2.75, 3.05) is 6.54 Å². The van der Waals surface area contributed by atoms with E-state index in [1.54, 1.807) is 12.1 Å². The summed E-state index contributed by atoms with van der Waals surface area (Å²) >= 11 is 0. The lowest BCUT2D eigenvalue weighted by atomic mass is 9.71. The van der Waals surface area contributed by atoms with Gasteiger partial charge < -0.3 is 10.6 Å². The van der Waals surface area contributed by atoms with Crippen molar-refractivity contribution in [3.8, 4) is 0 Å². The van der Waals surface area contributed by atoms with Gasteiger partial charge in [-0.05, 0) is 43.4 Å². The normalized spacial score (nSPS) is 15.0. The molecule has 1 fully saturated rings. The summed E-state index contributed by atoms with van der Waals surface area (Å²) in [6, 6.07) is 19.3. The molecule has 0 aromatic heterocycles. The summed E-state index contributed by atoms with van der Waals surface area (Å²) in [6.45, 7) is 0.499. The third-order valence-electron chi connectivity index (χ3n) is 4.81. The Hall–Kier alpha value is -2.62. The number of rotatable bonds is 7. The van der Waals surface area contributed by atoms with E-state index in [1.165, 1.54) is 5.56 Å². The minimum atomic E-state index is -0.189. The number of hydrogen-bond acceptors (Lipinski definition) is 2. The summed E-state index contributed by atoms with van der Waals surface area (Å²) in [5.74, 6) is -0.0433. The third-order valence-corrected chi connectivity index (χ3v) is 4.81. The summed E-state index contributed by atoms with van der Waals surface area (Å²) in [4.78, 5) is 24.3. The minimum Gasteiger partial charge on any atom is -0.352 e. The number of benzene rings is 2.